The standard InChI is InChI=1S/C13H19N3OS/c1-13(2,3)17-12(14)16-5-4-10(7-16)6-11-8-18-9-15-11/h6,8-9,14H,4-5,7H2,1-3H3. The van der Waals surface area contributed by atoms with Crippen molar-refractivity contribution in [3.8, 4) is 0 Å². The molecule has 0 aromatic carbocycles. The summed E-state index contributed by atoms with van der Waals surface area (Å²) in [6.07, 6.45) is 3.09. The van der Waals surface area contributed by atoms with E-state index in [1.54, 1.807) is 11.3 Å². The molecule has 1 fully saturated rings. The van der Waals surface area contributed by atoms with Crippen LogP contribution in [0.25, 0.3) is 6.08 Å². The second-order valence-electron chi connectivity index (χ2n) is 5.41. The normalized spacial score (nSPS) is 18.4. The van der Waals surface area contributed by atoms with Crippen molar-refractivity contribution in [3.63, 3.8) is 0 Å². The van der Waals surface area contributed by atoms with Gasteiger partial charge in [-0.3, -0.25) is 5.41 Å². The fourth-order valence-electron chi connectivity index (χ4n) is 1.83. The molecule has 0 aliphatic carbocycles. The van der Waals surface area contributed by atoms with Crippen LogP contribution in [0.2, 0.25) is 0 Å². The lowest BCUT2D eigenvalue weighted by molar-refractivity contribution is 0.0893. The molecule has 0 amide bonds. The van der Waals surface area contributed by atoms with Gasteiger partial charge in [-0.05, 0) is 38.8 Å². The molecule has 0 unspecified atom stereocenters. The molecule has 0 atom stereocenters. The Hall–Kier alpha value is -1.36. The van der Waals surface area contributed by atoms with Crippen LogP contribution in [0, 0.1) is 5.41 Å². The molecular weight excluding hydrogens is 246 g/mol. The Kier molecular flexibility index (Phi) is 3.71. The first-order valence-corrected chi connectivity index (χ1v) is 6.98. The molecule has 0 saturated carbocycles. The van der Waals surface area contributed by atoms with Crippen LogP contribution in [0.15, 0.2) is 16.5 Å². The molecule has 18 heavy (non-hydrogen) atoms. The summed E-state index contributed by atoms with van der Waals surface area (Å²) in [5.74, 6) is 0. The van der Waals surface area contributed by atoms with Gasteiger partial charge in [0.2, 0.25) is 0 Å². The van der Waals surface area contributed by atoms with E-state index in [9.17, 15) is 0 Å². The first-order chi connectivity index (χ1) is 8.44. The van der Waals surface area contributed by atoms with Crippen LogP contribution in [-0.4, -0.2) is 34.6 Å². The molecule has 0 spiro atoms. The average molecular weight is 265 g/mol. The minimum absolute atomic E-state index is 0.268. The Bertz CT molecular complexity index is 445. The van der Waals surface area contributed by atoms with Crippen LogP contribution < -0.4 is 0 Å². The number of hydrogen-bond acceptors (Lipinski definition) is 4. The summed E-state index contributed by atoms with van der Waals surface area (Å²) < 4.78 is 5.57. The van der Waals surface area contributed by atoms with Gasteiger partial charge in [-0.15, -0.1) is 11.3 Å². The summed E-state index contributed by atoms with van der Waals surface area (Å²) in [4.78, 5) is 6.21. The van der Waals surface area contributed by atoms with Gasteiger partial charge in [-0.1, -0.05) is 0 Å². The van der Waals surface area contributed by atoms with Gasteiger partial charge in [0.05, 0.1) is 11.2 Å². The predicted molar refractivity (Wildman–Crippen MR) is 74.8 cm³/mol. The molecule has 1 saturated heterocycles. The van der Waals surface area contributed by atoms with Crippen molar-refractivity contribution in [1.29, 1.82) is 5.41 Å². The Morgan fingerprint density at radius 1 is 1.56 bits per heavy atom. The molecule has 1 aliphatic rings. The van der Waals surface area contributed by atoms with Gasteiger partial charge < -0.3 is 9.64 Å². The highest BCUT2D eigenvalue weighted by atomic mass is 32.1. The van der Waals surface area contributed by atoms with Crippen LogP contribution in [0.3, 0.4) is 0 Å². The maximum atomic E-state index is 7.94. The van der Waals surface area contributed by atoms with Gasteiger partial charge in [-0.2, -0.15) is 0 Å². The third kappa shape index (κ3) is 3.57. The van der Waals surface area contributed by atoms with E-state index in [1.165, 1.54) is 5.57 Å². The fourth-order valence-corrected chi connectivity index (χ4v) is 2.34. The number of nitrogens with zero attached hydrogens (tertiary/aromatic N) is 2. The van der Waals surface area contributed by atoms with Crippen molar-refractivity contribution in [2.24, 2.45) is 0 Å². The van der Waals surface area contributed by atoms with Gasteiger partial charge in [0.15, 0.2) is 0 Å². The highest BCUT2D eigenvalue weighted by Gasteiger charge is 2.23. The third-order valence-corrected chi connectivity index (χ3v) is 3.19. The van der Waals surface area contributed by atoms with Gasteiger partial charge in [-0.25, -0.2) is 4.98 Å². The van der Waals surface area contributed by atoms with Crippen LogP contribution >= 0.6 is 11.3 Å². The molecule has 2 rings (SSSR count). The summed E-state index contributed by atoms with van der Waals surface area (Å²) >= 11 is 1.60. The van der Waals surface area contributed by atoms with Crippen LogP contribution in [0.5, 0.6) is 0 Å². The first-order valence-electron chi connectivity index (χ1n) is 6.04. The summed E-state index contributed by atoms with van der Waals surface area (Å²) in [6, 6.07) is 0.268. The number of aromatic nitrogens is 1. The molecule has 0 bridgehead atoms. The van der Waals surface area contributed by atoms with Gasteiger partial charge in [0.25, 0.3) is 6.02 Å². The zero-order valence-corrected chi connectivity index (χ0v) is 11.9. The van der Waals surface area contributed by atoms with Crippen LogP contribution in [0.4, 0.5) is 0 Å². The number of nitrogens with one attached hydrogen (secondary N) is 1. The molecular formula is C13H19N3OS. The average Bonchev–Trinajstić information content (AvgIpc) is 2.86. The van der Waals surface area contributed by atoms with Crippen molar-refractivity contribution >= 4 is 23.4 Å². The largest absolute Gasteiger partial charge is 0.460 e. The SMILES string of the molecule is CC(C)(C)OC(=N)N1CCC(=Cc2cscn2)C1. The predicted octanol–water partition coefficient (Wildman–Crippen LogP) is 2.98. The number of amidine groups is 1. The smallest absolute Gasteiger partial charge is 0.285 e. The molecule has 4 nitrogen and oxygen atoms in total. The lowest BCUT2D eigenvalue weighted by atomic mass is 10.2. The Balaban J connectivity index is 1.94. The number of rotatable bonds is 1. The van der Waals surface area contributed by atoms with Crippen molar-refractivity contribution in [1.82, 2.24) is 9.88 Å². The third-order valence-electron chi connectivity index (χ3n) is 2.59. The van der Waals surface area contributed by atoms with Crippen LogP contribution in [0.1, 0.15) is 32.9 Å². The summed E-state index contributed by atoms with van der Waals surface area (Å²) in [5.41, 5.74) is 3.85. The highest BCUT2D eigenvalue weighted by molar-refractivity contribution is 7.07. The van der Waals surface area contributed by atoms with E-state index in [4.69, 9.17) is 10.1 Å². The molecule has 1 aromatic heterocycles. The molecule has 5 heteroatoms. The van der Waals surface area contributed by atoms with Gasteiger partial charge in [0, 0.05) is 18.5 Å². The van der Waals surface area contributed by atoms with Gasteiger partial charge in [0.1, 0.15) is 5.60 Å². The van der Waals surface area contributed by atoms with Crippen LogP contribution in [-0.2, 0) is 4.74 Å². The lowest BCUT2D eigenvalue weighted by Crippen LogP contribution is -2.35. The summed E-state index contributed by atoms with van der Waals surface area (Å²) in [6.45, 7) is 7.51. The Morgan fingerprint density at radius 3 is 2.94 bits per heavy atom. The van der Waals surface area contributed by atoms with E-state index < -0.39 is 0 Å². The van der Waals surface area contributed by atoms with E-state index >= 15 is 0 Å². The zero-order valence-electron chi connectivity index (χ0n) is 11.1. The van der Waals surface area contributed by atoms with E-state index in [1.807, 2.05) is 36.6 Å². The first kappa shape index (κ1) is 13.1. The summed E-state index contributed by atoms with van der Waals surface area (Å²) in [7, 11) is 0. The molecule has 1 aromatic rings. The monoisotopic (exact) mass is 265 g/mol. The molecule has 98 valence electrons. The number of thiazole rings is 1. The molecule has 2 heterocycles. The number of ether oxygens (including phenoxy) is 1. The van der Waals surface area contributed by atoms with E-state index in [2.05, 4.69) is 11.1 Å². The van der Waals surface area contributed by atoms with Crippen molar-refractivity contribution in [3.05, 3.63) is 22.2 Å². The highest BCUT2D eigenvalue weighted by Crippen LogP contribution is 2.20. The van der Waals surface area contributed by atoms with Crippen molar-refractivity contribution in [2.75, 3.05) is 13.1 Å². The Morgan fingerprint density at radius 2 is 2.33 bits per heavy atom. The lowest BCUT2D eigenvalue weighted by Gasteiger charge is -2.26. The second kappa shape index (κ2) is 5.10. The number of hydrogen-bond donors (Lipinski definition) is 1. The topological polar surface area (TPSA) is 49.2 Å². The molecule has 1 N–H and O–H groups in total. The minimum Gasteiger partial charge on any atom is -0.460 e. The minimum atomic E-state index is -0.307. The molecule has 1 aliphatic heterocycles. The second-order valence-corrected chi connectivity index (χ2v) is 6.13. The van der Waals surface area contributed by atoms with E-state index in [0.29, 0.717) is 0 Å². The number of likely N-dealkylation sites (tertiary alicyclic amines) is 1. The quantitative estimate of drug-likeness (QED) is 0.627. The fraction of sp³-hybridized carbons (Fsp3) is 0.538. The van der Waals surface area contributed by atoms with E-state index in [-0.39, 0.29) is 11.6 Å². The maximum Gasteiger partial charge on any atom is 0.285 e. The Labute approximate surface area is 112 Å². The van der Waals surface area contributed by atoms with Crippen molar-refractivity contribution < 1.29 is 4.74 Å². The van der Waals surface area contributed by atoms with E-state index in [0.717, 1.165) is 25.2 Å². The maximum absolute atomic E-state index is 7.94. The zero-order chi connectivity index (χ0) is 13.2. The molecule has 0 radical (unpaired) electrons. The summed E-state index contributed by atoms with van der Waals surface area (Å²) in [5, 5.41) is 9.98. The van der Waals surface area contributed by atoms with Crippen molar-refractivity contribution in [2.45, 2.75) is 32.8 Å². The van der Waals surface area contributed by atoms with Gasteiger partial charge >= 0.3 is 0 Å².